The van der Waals surface area contributed by atoms with Crippen molar-refractivity contribution in [2.45, 2.75) is 38.1 Å². The molecule has 0 spiro atoms. The van der Waals surface area contributed by atoms with Crippen molar-refractivity contribution in [1.29, 1.82) is 0 Å². The van der Waals surface area contributed by atoms with Crippen LogP contribution < -0.4 is 11.1 Å². The molecule has 2 aliphatic heterocycles. The third-order valence-electron chi connectivity index (χ3n) is 4.80. The highest BCUT2D eigenvalue weighted by Crippen LogP contribution is 2.25. The van der Waals surface area contributed by atoms with Crippen LogP contribution in [-0.4, -0.2) is 36.5 Å². The largest absolute Gasteiger partial charge is 0.399 e. The molecule has 0 radical (unpaired) electrons. The molecule has 2 fully saturated rings. The molecule has 3 N–H and O–H groups in total. The van der Waals surface area contributed by atoms with Gasteiger partial charge in [-0.15, -0.1) is 0 Å². The molecule has 0 saturated carbocycles. The number of carbonyl (C=O) groups is 1. The Balaban J connectivity index is 1.43. The molecule has 0 bridgehead atoms. The van der Waals surface area contributed by atoms with Crippen LogP contribution >= 0.6 is 0 Å². The molecule has 2 unspecified atom stereocenters. The fraction of sp³-hybridized carbons (Fsp3) is 0.588. The Hall–Kier alpha value is -1.55. The van der Waals surface area contributed by atoms with Crippen LogP contribution in [0, 0.1) is 5.92 Å². The fourth-order valence-electron chi connectivity index (χ4n) is 3.64. The van der Waals surface area contributed by atoms with E-state index in [-0.39, 0.29) is 5.91 Å². The summed E-state index contributed by atoms with van der Waals surface area (Å²) < 4.78 is 0. The first kappa shape index (κ1) is 14.4. The number of nitrogen functional groups attached to an aromatic ring is 1. The van der Waals surface area contributed by atoms with Gasteiger partial charge in [-0.1, -0.05) is 12.1 Å². The van der Waals surface area contributed by atoms with Gasteiger partial charge in [-0.3, -0.25) is 4.79 Å². The monoisotopic (exact) mass is 287 g/mol. The van der Waals surface area contributed by atoms with Crippen LogP contribution in [0.5, 0.6) is 0 Å². The van der Waals surface area contributed by atoms with Gasteiger partial charge in [0.2, 0.25) is 5.91 Å². The molecule has 1 amide bonds. The second kappa shape index (κ2) is 6.48. The van der Waals surface area contributed by atoms with Crippen LogP contribution in [-0.2, 0) is 11.2 Å². The number of hydrogen-bond donors (Lipinski definition) is 2. The quantitative estimate of drug-likeness (QED) is 0.830. The average molecular weight is 287 g/mol. The molecule has 2 atom stereocenters. The van der Waals surface area contributed by atoms with Crippen LogP contribution in [0.3, 0.4) is 0 Å². The lowest BCUT2D eigenvalue weighted by molar-refractivity contribution is -0.125. The summed E-state index contributed by atoms with van der Waals surface area (Å²) in [5, 5.41) is 3.15. The third-order valence-corrected chi connectivity index (χ3v) is 4.80. The Kier molecular flexibility index (Phi) is 4.44. The lowest BCUT2D eigenvalue weighted by Crippen LogP contribution is -2.54. The van der Waals surface area contributed by atoms with E-state index in [1.165, 1.54) is 12.0 Å². The third kappa shape index (κ3) is 3.76. The molecule has 2 heterocycles. The van der Waals surface area contributed by atoms with Crippen molar-refractivity contribution in [2.75, 3.05) is 25.4 Å². The molecule has 3 rings (SSSR count). The molecular weight excluding hydrogens is 262 g/mol. The van der Waals surface area contributed by atoms with E-state index >= 15 is 0 Å². The summed E-state index contributed by atoms with van der Waals surface area (Å²) in [4.78, 5) is 14.0. The number of carbonyl (C=O) groups excluding carboxylic acids is 1. The summed E-state index contributed by atoms with van der Waals surface area (Å²) in [5.41, 5.74) is 7.99. The van der Waals surface area contributed by atoms with Crippen molar-refractivity contribution in [1.82, 2.24) is 10.2 Å². The van der Waals surface area contributed by atoms with Gasteiger partial charge < -0.3 is 16.0 Å². The molecule has 1 aromatic carbocycles. The molecule has 0 aromatic heterocycles. The number of benzene rings is 1. The summed E-state index contributed by atoms with van der Waals surface area (Å²) in [7, 11) is 0. The molecule has 4 nitrogen and oxygen atoms in total. The Bertz CT molecular complexity index is 503. The summed E-state index contributed by atoms with van der Waals surface area (Å²) >= 11 is 0. The van der Waals surface area contributed by atoms with Crippen LogP contribution in [0.1, 0.15) is 31.2 Å². The van der Waals surface area contributed by atoms with Gasteiger partial charge in [-0.25, -0.2) is 0 Å². The van der Waals surface area contributed by atoms with Gasteiger partial charge in [0, 0.05) is 31.2 Å². The highest BCUT2D eigenvalue weighted by molar-refractivity contribution is 5.77. The van der Waals surface area contributed by atoms with E-state index in [9.17, 15) is 4.79 Å². The lowest BCUT2D eigenvalue weighted by Gasteiger charge is -2.41. The van der Waals surface area contributed by atoms with Crippen molar-refractivity contribution < 1.29 is 4.79 Å². The van der Waals surface area contributed by atoms with Gasteiger partial charge in [0.05, 0.1) is 0 Å². The number of anilines is 1. The Morgan fingerprint density at radius 1 is 1.33 bits per heavy atom. The summed E-state index contributed by atoms with van der Waals surface area (Å²) in [5.74, 6) is 0.898. The minimum atomic E-state index is 0.242. The van der Waals surface area contributed by atoms with Crippen LogP contribution in [0.15, 0.2) is 24.3 Å². The summed E-state index contributed by atoms with van der Waals surface area (Å²) in [6.07, 6.45) is 5.13. The molecule has 4 heteroatoms. The summed E-state index contributed by atoms with van der Waals surface area (Å²) in [6, 6.07) is 8.62. The lowest BCUT2D eigenvalue weighted by atomic mass is 9.85. The smallest absolute Gasteiger partial charge is 0.220 e. The number of fused-ring (bicyclic) bond motifs is 1. The van der Waals surface area contributed by atoms with Crippen molar-refractivity contribution in [2.24, 2.45) is 5.92 Å². The van der Waals surface area contributed by atoms with Crippen molar-refractivity contribution in [3.8, 4) is 0 Å². The zero-order valence-corrected chi connectivity index (χ0v) is 12.6. The second-order valence-corrected chi connectivity index (χ2v) is 6.41. The first-order valence-electron chi connectivity index (χ1n) is 8.07. The minimum Gasteiger partial charge on any atom is -0.399 e. The first-order chi connectivity index (χ1) is 10.2. The van der Waals surface area contributed by atoms with E-state index in [4.69, 9.17) is 5.73 Å². The van der Waals surface area contributed by atoms with Gasteiger partial charge in [0.15, 0.2) is 0 Å². The van der Waals surface area contributed by atoms with Crippen LogP contribution in [0.4, 0.5) is 5.69 Å². The highest BCUT2D eigenvalue weighted by Gasteiger charge is 2.33. The number of likely N-dealkylation sites (tertiary alicyclic amines) is 1. The van der Waals surface area contributed by atoms with E-state index in [1.807, 2.05) is 12.1 Å². The van der Waals surface area contributed by atoms with E-state index in [1.54, 1.807) is 0 Å². The standard InChI is InChI=1S/C17H25N3O/c18-15-5-1-3-13(11-15)4-2-9-20-10-8-16-14(12-20)6-7-17(21)19-16/h1,3,5,11,14,16H,2,4,6-10,12,18H2,(H,19,21). The second-order valence-electron chi connectivity index (χ2n) is 6.41. The zero-order chi connectivity index (χ0) is 14.7. The minimum absolute atomic E-state index is 0.242. The predicted octanol–water partition coefficient (Wildman–Crippen LogP) is 1.80. The molecule has 1 aromatic rings. The SMILES string of the molecule is Nc1cccc(CCCN2CCC3NC(=O)CCC3C2)c1. The molecular formula is C17H25N3O. The first-order valence-corrected chi connectivity index (χ1v) is 8.07. The number of aryl methyl sites for hydroxylation is 1. The average Bonchev–Trinajstić information content (AvgIpc) is 2.47. The Morgan fingerprint density at radius 2 is 2.24 bits per heavy atom. The number of hydrogen-bond acceptors (Lipinski definition) is 3. The molecule has 114 valence electrons. The van der Waals surface area contributed by atoms with Crippen molar-refractivity contribution in [3.63, 3.8) is 0 Å². The highest BCUT2D eigenvalue weighted by atomic mass is 16.1. The number of nitrogens with zero attached hydrogens (tertiary/aromatic N) is 1. The van der Waals surface area contributed by atoms with Gasteiger partial charge in [0.1, 0.15) is 0 Å². The molecule has 2 aliphatic rings. The molecule has 2 saturated heterocycles. The Labute approximate surface area is 126 Å². The number of nitrogens with one attached hydrogen (secondary N) is 1. The zero-order valence-electron chi connectivity index (χ0n) is 12.6. The maximum absolute atomic E-state index is 11.4. The van der Waals surface area contributed by atoms with Gasteiger partial charge >= 0.3 is 0 Å². The van der Waals surface area contributed by atoms with Gasteiger partial charge in [-0.2, -0.15) is 0 Å². The number of piperidine rings is 2. The normalized spacial score (nSPS) is 26.2. The fourth-order valence-corrected chi connectivity index (χ4v) is 3.64. The van der Waals surface area contributed by atoms with Crippen molar-refractivity contribution in [3.05, 3.63) is 29.8 Å². The molecule has 21 heavy (non-hydrogen) atoms. The van der Waals surface area contributed by atoms with Crippen LogP contribution in [0.25, 0.3) is 0 Å². The number of rotatable bonds is 4. The maximum atomic E-state index is 11.4. The molecule has 0 aliphatic carbocycles. The number of nitrogens with two attached hydrogens (primary N) is 1. The van der Waals surface area contributed by atoms with Crippen molar-refractivity contribution >= 4 is 11.6 Å². The predicted molar refractivity (Wildman–Crippen MR) is 84.9 cm³/mol. The van der Waals surface area contributed by atoms with E-state index < -0.39 is 0 Å². The van der Waals surface area contributed by atoms with E-state index in [0.29, 0.717) is 18.4 Å². The number of amides is 1. The topological polar surface area (TPSA) is 58.4 Å². The summed E-state index contributed by atoms with van der Waals surface area (Å²) in [6.45, 7) is 3.40. The van der Waals surface area contributed by atoms with Gasteiger partial charge in [-0.05, 0) is 55.8 Å². The van der Waals surface area contributed by atoms with Gasteiger partial charge in [0.25, 0.3) is 0 Å². The van der Waals surface area contributed by atoms with Crippen LogP contribution in [0.2, 0.25) is 0 Å². The maximum Gasteiger partial charge on any atom is 0.220 e. The Morgan fingerprint density at radius 3 is 3.10 bits per heavy atom. The van der Waals surface area contributed by atoms with E-state index in [2.05, 4.69) is 22.3 Å². The van der Waals surface area contributed by atoms with E-state index in [0.717, 1.165) is 44.6 Å².